The van der Waals surface area contributed by atoms with E-state index in [1.165, 1.54) is 11.1 Å². The topological polar surface area (TPSA) is 9.23 Å². The van der Waals surface area contributed by atoms with Crippen LogP contribution < -0.4 is 15.2 Å². The van der Waals surface area contributed by atoms with E-state index < -0.39 is 0 Å². The van der Waals surface area contributed by atoms with Gasteiger partial charge in [-0.1, -0.05) is 54.6 Å². The van der Waals surface area contributed by atoms with Crippen molar-refractivity contribution in [3.8, 4) is 11.5 Å². The molecule has 0 bridgehead atoms. The van der Waals surface area contributed by atoms with Crippen molar-refractivity contribution in [3.63, 3.8) is 0 Å². The molecule has 0 aliphatic carbocycles. The van der Waals surface area contributed by atoms with Gasteiger partial charge in [0.25, 0.3) is 0 Å². The monoisotopic (exact) mass is 358 g/mol. The van der Waals surface area contributed by atoms with E-state index in [0.717, 1.165) is 27.5 Å². The van der Waals surface area contributed by atoms with Gasteiger partial charge in [-0.3, -0.25) is 0 Å². The summed E-state index contributed by atoms with van der Waals surface area (Å²) in [5, 5.41) is 2.05. The van der Waals surface area contributed by atoms with Crippen molar-refractivity contribution in [1.82, 2.24) is 0 Å². The predicted octanol–water partition coefficient (Wildman–Crippen LogP) is 3.25. The van der Waals surface area contributed by atoms with Crippen LogP contribution in [-0.2, 0) is 32.7 Å². The van der Waals surface area contributed by atoms with Gasteiger partial charge in [0, 0.05) is 43.7 Å². The van der Waals surface area contributed by atoms with Crippen molar-refractivity contribution in [1.29, 1.82) is 0 Å². The number of hydrogen-bond acceptors (Lipinski definition) is 1. The van der Waals surface area contributed by atoms with E-state index in [-0.39, 0.29) is 32.7 Å². The van der Waals surface area contributed by atoms with Gasteiger partial charge < -0.3 is 4.74 Å². The minimum Gasteiger partial charge on any atom is -0.515 e. The molecule has 0 amide bonds. The fourth-order valence-electron chi connectivity index (χ4n) is 2.74. The van der Waals surface area contributed by atoms with E-state index in [4.69, 9.17) is 4.74 Å². The molecule has 0 spiro atoms. The molecule has 103 valence electrons. The molecule has 1 heterocycles. The van der Waals surface area contributed by atoms with E-state index in [0.29, 0.717) is 0 Å². The fraction of sp³-hybridized carbons (Fsp3) is 0. The summed E-state index contributed by atoms with van der Waals surface area (Å²) in [6.45, 7) is 3.99. The first kappa shape index (κ1) is 15.2. The van der Waals surface area contributed by atoms with Crippen molar-refractivity contribution < 1.29 is 37.4 Å². The Kier molecular flexibility index (Phi) is 4.28. The van der Waals surface area contributed by atoms with Gasteiger partial charge in [-0.25, -0.2) is 0 Å². The van der Waals surface area contributed by atoms with Crippen molar-refractivity contribution >= 4 is 12.2 Å². The number of fused-ring (bicyclic) bond motifs is 2. The summed E-state index contributed by atoms with van der Waals surface area (Å²) in [6, 6.07) is 25.4. The van der Waals surface area contributed by atoms with Crippen LogP contribution in [0.25, 0.3) is 12.2 Å². The second-order valence-electron chi connectivity index (χ2n) is 5.10. The minimum atomic E-state index is 0. The van der Waals surface area contributed by atoms with Gasteiger partial charge in [-0.05, 0) is 22.4 Å². The average Bonchev–Trinajstić information content (AvgIpc) is 2.53. The molecule has 1 nitrogen and oxygen atoms in total. The van der Waals surface area contributed by atoms with Crippen LogP contribution in [-0.4, -0.2) is 0 Å². The number of benzene rings is 3. The maximum absolute atomic E-state index is 6.02. The summed E-state index contributed by atoms with van der Waals surface area (Å²) in [6.07, 6.45) is 0. The Hall–Kier alpha value is -1.70. The van der Waals surface area contributed by atoms with Crippen LogP contribution in [0.5, 0.6) is 11.5 Å². The Balaban J connectivity index is 0.00000144. The molecule has 0 unspecified atom stereocenters. The summed E-state index contributed by atoms with van der Waals surface area (Å²) in [5.41, 5.74) is 3.48. The van der Waals surface area contributed by atoms with Crippen LogP contribution >= 0.6 is 0 Å². The van der Waals surface area contributed by atoms with Gasteiger partial charge in [-0.15, -0.1) is 6.07 Å². The number of rotatable bonds is 1. The molecule has 0 saturated carbocycles. The summed E-state index contributed by atoms with van der Waals surface area (Å²) in [7, 11) is 0. The molecule has 0 fully saturated rings. The van der Waals surface area contributed by atoms with Gasteiger partial charge in [0.1, 0.15) is 5.75 Å². The van der Waals surface area contributed by atoms with E-state index in [1.54, 1.807) is 0 Å². The first-order valence-corrected chi connectivity index (χ1v) is 6.90. The molecule has 4 rings (SSSR count). The zero-order valence-corrected chi connectivity index (χ0v) is 14.9. The van der Waals surface area contributed by atoms with Crippen molar-refractivity contribution in [3.05, 3.63) is 94.4 Å². The van der Waals surface area contributed by atoms with Crippen LogP contribution in [0.4, 0.5) is 0 Å². The molecule has 0 N–H and O–H groups in total. The SMILES string of the molecule is C=c1ccc2c(c1)Oc1c[c-]ccc1C=2c1ccccc1.[Y]. The van der Waals surface area contributed by atoms with Crippen LogP contribution in [0.3, 0.4) is 0 Å². The molecule has 3 aromatic carbocycles. The molecule has 2 heteroatoms. The third-order valence-corrected chi connectivity index (χ3v) is 3.69. The molecule has 22 heavy (non-hydrogen) atoms. The zero-order chi connectivity index (χ0) is 14.2. The van der Waals surface area contributed by atoms with Crippen LogP contribution in [0.1, 0.15) is 11.1 Å². The van der Waals surface area contributed by atoms with Crippen LogP contribution in [0.15, 0.2) is 66.7 Å². The normalized spacial score (nSPS) is 11.7. The number of hydrogen-bond donors (Lipinski definition) is 0. The third kappa shape index (κ3) is 2.56. The summed E-state index contributed by atoms with van der Waals surface area (Å²) < 4.78 is 6.02. The Morgan fingerprint density at radius 1 is 0.909 bits per heavy atom. The molecule has 3 aromatic rings. The Labute approximate surface area is 154 Å². The van der Waals surface area contributed by atoms with Gasteiger partial charge in [0.05, 0.1) is 0 Å². The summed E-state index contributed by atoms with van der Waals surface area (Å²) in [4.78, 5) is 0. The van der Waals surface area contributed by atoms with E-state index >= 15 is 0 Å². The van der Waals surface area contributed by atoms with Crippen molar-refractivity contribution in [2.45, 2.75) is 0 Å². The van der Waals surface area contributed by atoms with E-state index in [9.17, 15) is 0 Å². The van der Waals surface area contributed by atoms with E-state index in [2.05, 4.69) is 49.0 Å². The van der Waals surface area contributed by atoms with E-state index in [1.807, 2.05) is 30.3 Å². The maximum atomic E-state index is 6.02. The quantitative estimate of drug-likeness (QED) is 0.475. The molecular formula is C20H13OY-. The zero-order valence-electron chi connectivity index (χ0n) is 12.0. The van der Waals surface area contributed by atoms with Crippen molar-refractivity contribution in [2.75, 3.05) is 0 Å². The van der Waals surface area contributed by atoms with Crippen molar-refractivity contribution in [2.24, 2.45) is 0 Å². The third-order valence-electron chi connectivity index (χ3n) is 3.69. The predicted molar refractivity (Wildman–Crippen MR) is 84.6 cm³/mol. The molecule has 0 saturated heterocycles. The first-order chi connectivity index (χ1) is 10.3. The van der Waals surface area contributed by atoms with Gasteiger partial charge in [-0.2, -0.15) is 18.2 Å². The molecule has 1 aliphatic rings. The second-order valence-corrected chi connectivity index (χ2v) is 5.10. The molecular weight excluding hydrogens is 345 g/mol. The number of ether oxygens (including phenoxy) is 1. The summed E-state index contributed by atoms with van der Waals surface area (Å²) >= 11 is 0. The minimum absolute atomic E-state index is 0. The Morgan fingerprint density at radius 3 is 2.55 bits per heavy atom. The summed E-state index contributed by atoms with van der Waals surface area (Å²) in [5.74, 6) is 1.70. The average molecular weight is 358 g/mol. The smallest absolute Gasteiger partial charge is 0.119 e. The van der Waals surface area contributed by atoms with Gasteiger partial charge >= 0.3 is 0 Å². The largest absolute Gasteiger partial charge is 0.515 e. The maximum Gasteiger partial charge on any atom is 0.119 e. The van der Waals surface area contributed by atoms with Gasteiger partial charge in [0.2, 0.25) is 0 Å². The second kappa shape index (κ2) is 6.20. The van der Waals surface area contributed by atoms with Crippen LogP contribution in [0.2, 0.25) is 0 Å². The molecule has 0 aromatic heterocycles. The molecule has 1 radical (unpaired) electrons. The molecule has 1 aliphatic heterocycles. The van der Waals surface area contributed by atoms with Gasteiger partial charge in [0.15, 0.2) is 0 Å². The first-order valence-electron chi connectivity index (χ1n) is 6.90. The van der Waals surface area contributed by atoms with Crippen LogP contribution in [0, 0.1) is 6.07 Å². The Bertz CT molecular complexity index is 929. The standard InChI is InChI=1S/C20H13O.Y/c1-14-11-12-17-19(13-14)21-18-10-6-5-9-16(18)20(17)15-7-3-2-4-8-15;/h2-5,7-13H,1H2;/q-1;. The molecule has 0 atom stereocenters. The fourth-order valence-corrected chi connectivity index (χ4v) is 2.74. The Morgan fingerprint density at radius 2 is 1.73 bits per heavy atom.